The van der Waals surface area contributed by atoms with Crippen LogP contribution < -0.4 is 5.32 Å². The van der Waals surface area contributed by atoms with Gasteiger partial charge in [0.2, 0.25) is 0 Å². The lowest BCUT2D eigenvalue weighted by Crippen LogP contribution is -2.29. The summed E-state index contributed by atoms with van der Waals surface area (Å²) in [6.45, 7) is 6.84. The molecule has 2 amide bonds. The van der Waals surface area contributed by atoms with Crippen LogP contribution in [0.5, 0.6) is 0 Å². The van der Waals surface area contributed by atoms with Crippen molar-refractivity contribution in [1.29, 1.82) is 0 Å². The van der Waals surface area contributed by atoms with Gasteiger partial charge in [-0.3, -0.25) is 9.59 Å². The number of rotatable bonds is 3. The van der Waals surface area contributed by atoms with Gasteiger partial charge in [0.25, 0.3) is 11.8 Å². The molecular weight excluding hydrogens is 306 g/mol. The number of anilines is 1. The molecule has 1 saturated heterocycles. The highest BCUT2D eigenvalue weighted by atomic mass is 16.5. The minimum Gasteiger partial charge on any atom is -0.361 e. The van der Waals surface area contributed by atoms with E-state index in [4.69, 9.17) is 4.52 Å². The summed E-state index contributed by atoms with van der Waals surface area (Å²) in [6.07, 6.45) is 2.05. The zero-order valence-electron chi connectivity index (χ0n) is 14.2. The van der Waals surface area contributed by atoms with E-state index in [1.807, 2.05) is 24.0 Å². The molecule has 6 nitrogen and oxygen atoms in total. The fourth-order valence-corrected chi connectivity index (χ4v) is 3.13. The van der Waals surface area contributed by atoms with E-state index >= 15 is 0 Å². The smallest absolute Gasteiger partial charge is 0.261 e. The van der Waals surface area contributed by atoms with Crippen molar-refractivity contribution in [3.63, 3.8) is 0 Å². The fraction of sp³-hybridized carbons (Fsp3) is 0.389. The van der Waals surface area contributed by atoms with Crippen LogP contribution in [-0.2, 0) is 0 Å². The van der Waals surface area contributed by atoms with Crippen LogP contribution >= 0.6 is 0 Å². The Morgan fingerprint density at radius 2 is 1.83 bits per heavy atom. The maximum absolute atomic E-state index is 12.8. The Bertz CT molecular complexity index is 769. The number of carbonyl (C=O) groups excluding carboxylic acids is 2. The SMILES string of the molecule is Cc1cccc(NC(=O)c2c(C)noc2C)c1C(=O)N1CCCC1. The van der Waals surface area contributed by atoms with E-state index in [2.05, 4.69) is 10.5 Å². The molecule has 0 unspecified atom stereocenters. The summed E-state index contributed by atoms with van der Waals surface area (Å²) in [7, 11) is 0. The molecule has 0 saturated carbocycles. The maximum Gasteiger partial charge on any atom is 0.261 e. The first kappa shape index (κ1) is 16.2. The molecule has 0 radical (unpaired) electrons. The minimum absolute atomic E-state index is 0.0281. The first-order valence-corrected chi connectivity index (χ1v) is 8.12. The molecule has 1 aliphatic heterocycles. The van der Waals surface area contributed by atoms with Crippen molar-refractivity contribution >= 4 is 17.5 Å². The molecule has 1 aliphatic rings. The summed E-state index contributed by atoms with van der Waals surface area (Å²) < 4.78 is 5.05. The van der Waals surface area contributed by atoms with E-state index in [-0.39, 0.29) is 11.8 Å². The number of hydrogen-bond acceptors (Lipinski definition) is 4. The van der Waals surface area contributed by atoms with Crippen LogP contribution in [0.3, 0.4) is 0 Å². The molecule has 2 aromatic rings. The third kappa shape index (κ3) is 2.91. The Balaban J connectivity index is 1.92. The second-order valence-corrected chi connectivity index (χ2v) is 6.15. The molecule has 2 heterocycles. The Morgan fingerprint density at radius 3 is 2.46 bits per heavy atom. The van der Waals surface area contributed by atoms with Gasteiger partial charge in [-0.05, 0) is 45.2 Å². The molecule has 1 aromatic heterocycles. The standard InChI is InChI=1S/C18H21N3O3/c1-11-7-6-8-14(15(11)18(23)21-9-4-5-10-21)19-17(22)16-12(2)20-24-13(16)3/h6-8H,4-5,9-10H2,1-3H3,(H,19,22). The van der Waals surface area contributed by atoms with Crippen LogP contribution in [0.4, 0.5) is 5.69 Å². The summed E-state index contributed by atoms with van der Waals surface area (Å²) in [4.78, 5) is 27.3. The van der Waals surface area contributed by atoms with Crippen molar-refractivity contribution < 1.29 is 14.1 Å². The molecule has 1 aromatic carbocycles. The summed E-state index contributed by atoms with van der Waals surface area (Å²) >= 11 is 0. The third-order valence-electron chi connectivity index (χ3n) is 4.39. The highest BCUT2D eigenvalue weighted by molar-refractivity contribution is 6.10. The van der Waals surface area contributed by atoms with Gasteiger partial charge in [0.05, 0.1) is 16.9 Å². The first-order valence-electron chi connectivity index (χ1n) is 8.12. The first-order chi connectivity index (χ1) is 11.5. The van der Waals surface area contributed by atoms with Crippen LogP contribution in [0.25, 0.3) is 0 Å². The monoisotopic (exact) mass is 327 g/mol. The number of amides is 2. The summed E-state index contributed by atoms with van der Waals surface area (Å²) in [5, 5.41) is 6.66. The number of benzene rings is 1. The molecule has 6 heteroatoms. The van der Waals surface area contributed by atoms with E-state index in [0.29, 0.717) is 28.3 Å². The van der Waals surface area contributed by atoms with Gasteiger partial charge in [-0.25, -0.2) is 0 Å². The Hall–Kier alpha value is -2.63. The van der Waals surface area contributed by atoms with Crippen molar-refractivity contribution in [2.75, 3.05) is 18.4 Å². The molecule has 0 atom stereocenters. The van der Waals surface area contributed by atoms with Crippen molar-refractivity contribution in [3.05, 3.63) is 46.3 Å². The van der Waals surface area contributed by atoms with Crippen molar-refractivity contribution in [3.8, 4) is 0 Å². The number of nitrogens with one attached hydrogen (secondary N) is 1. The number of aromatic nitrogens is 1. The van der Waals surface area contributed by atoms with E-state index in [0.717, 1.165) is 31.5 Å². The van der Waals surface area contributed by atoms with E-state index < -0.39 is 0 Å². The van der Waals surface area contributed by atoms with Gasteiger partial charge in [-0.1, -0.05) is 17.3 Å². The average molecular weight is 327 g/mol. The summed E-state index contributed by atoms with van der Waals surface area (Å²) in [5.74, 6) is 0.122. The van der Waals surface area contributed by atoms with Crippen LogP contribution in [0.1, 0.15) is 50.6 Å². The molecule has 3 rings (SSSR count). The molecule has 0 bridgehead atoms. The van der Waals surface area contributed by atoms with Crippen LogP contribution in [0.2, 0.25) is 0 Å². The van der Waals surface area contributed by atoms with Gasteiger partial charge in [-0.2, -0.15) is 0 Å². The summed E-state index contributed by atoms with van der Waals surface area (Å²) in [6, 6.07) is 5.47. The predicted octanol–water partition coefficient (Wildman–Crippen LogP) is 3.09. The highest BCUT2D eigenvalue weighted by Gasteiger charge is 2.25. The van der Waals surface area contributed by atoms with Crippen LogP contribution in [0, 0.1) is 20.8 Å². The lowest BCUT2D eigenvalue weighted by atomic mass is 10.0. The number of nitrogens with zero attached hydrogens (tertiary/aromatic N) is 2. The predicted molar refractivity (Wildman–Crippen MR) is 90.2 cm³/mol. The van der Waals surface area contributed by atoms with E-state index in [9.17, 15) is 9.59 Å². The highest BCUT2D eigenvalue weighted by Crippen LogP contribution is 2.25. The van der Waals surface area contributed by atoms with E-state index in [1.165, 1.54) is 0 Å². The Labute approximate surface area is 140 Å². The van der Waals surface area contributed by atoms with Crippen molar-refractivity contribution in [2.45, 2.75) is 33.6 Å². The van der Waals surface area contributed by atoms with Crippen LogP contribution in [-0.4, -0.2) is 35.0 Å². The Morgan fingerprint density at radius 1 is 1.12 bits per heavy atom. The lowest BCUT2D eigenvalue weighted by Gasteiger charge is -2.19. The normalized spacial score (nSPS) is 14.0. The number of likely N-dealkylation sites (tertiary alicyclic amines) is 1. The quantitative estimate of drug-likeness (QED) is 0.940. The van der Waals surface area contributed by atoms with Gasteiger partial charge in [0, 0.05) is 13.1 Å². The molecule has 0 aliphatic carbocycles. The lowest BCUT2D eigenvalue weighted by molar-refractivity contribution is 0.0793. The topological polar surface area (TPSA) is 75.4 Å². The largest absolute Gasteiger partial charge is 0.361 e. The zero-order chi connectivity index (χ0) is 17.3. The number of hydrogen-bond donors (Lipinski definition) is 1. The number of carbonyl (C=O) groups is 2. The second-order valence-electron chi connectivity index (χ2n) is 6.15. The molecule has 1 fully saturated rings. The van der Waals surface area contributed by atoms with Gasteiger partial charge >= 0.3 is 0 Å². The third-order valence-corrected chi connectivity index (χ3v) is 4.39. The van der Waals surface area contributed by atoms with Crippen molar-refractivity contribution in [1.82, 2.24) is 10.1 Å². The van der Waals surface area contributed by atoms with Gasteiger partial charge in [0.1, 0.15) is 11.3 Å². The van der Waals surface area contributed by atoms with Gasteiger partial charge in [-0.15, -0.1) is 0 Å². The molecule has 24 heavy (non-hydrogen) atoms. The number of aryl methyl sites for hydroxylation is 3. The molecule has 0 spiro atoms. The van der Waals surface area contributed by atoms with E-state index in [1.54, 1.807) is 19.9 Å². The molecule has 126 valence electrons. The average Bonchev–Trinajstić information content (AvgIpc) is 3.17. The van der Waals surface area contributed by atoms with Gasteiger partial charge < -0.3 is 14.7 Å². The van der Waals surface area contributed by atoms with Crippen LogP contribution in [0.15, 0.2) is 22.7 Å². The summed E-state index contributed by atoms with van der Waals surface area (Å²) in [5.41, 5.74) is 2.88. The van der Waals surface area contributed by atoms with Crippen molar-refractivity contribution in [2.24, 2.45) is 0 Å². The van der Waals surface area contributed by atoms with Gasteiger partial charge in [0.15, 0.2) is 0 Å². The second kappa shape index (κ2) is 6.47. The molecule has 1 N–H and O–H groups in total. The minimum atomic E-state index is -0.313. The zero-order valence-corrected chi connectivity index (χ0v) is 14.2. The maximum atomic E-state index is 12.8. The molecular formula is C18H21N3O3. The Kier molecular flexibility index (Phi) is 4.38. The fourth-order valence-electron chi connectivity index (χ4n) is 3.13.